The highest BCUT2D eigenvalue weighted by atomic mass is 32.1. The molecule has 0 aliphatic carbocycles. The highest BCUT2D eigenvalue weighted by Crippen LogP contribution is 1.68. The monoisotopic (exact) mass is 73.0 g/mol. The van der Waals surface area contributed by atoms with Crippen molar-refractivity contribution < 1.29 is 0 Å². The molecule has 1 heteroatoms. The molecule has 0 aromatic rings. The molecular formula is C3H5S. The fourth-order valence-electron chi connectivity index (χ4n) is 0. The third-order valence-electron chi connectivity index (χ3n) is 0.105. The summed E-state index contributed by atoms with van der Waals surface area (Å²) >= 11 is 3.68. The molecule has 0 fully saturated rings. The fraction of sp³-hybridized carbons (Fsp3) is 0. The lowest BCUT2D eigenvalue weighted by Gasteiger charge is -1.48. The SMILES string of the molecule is [CH2]/C=C/S. The standard InChI is InChI=1S/C3H5S/c1-2-3-4/h2-4H,1H2/b3-2+. The van der Waals surface area contributed by atoms with Crippen LogP contribution in [0.3, 0.4) is 0 Å². The molecule has 0 heterocycles. The van der Waals surface area contributed by atoms with E-state index in [1.807, 2.05) is 0 Å². The summed E-state index contributed by atoms with van der Waals surface area (Å²) in [6.07, 6.45) is 1.61. The van der Waals surface area contributed by atoms with Crippen molar-refractivity contribution in [1.82, 2.24) is 0 Å². The number of hydrogen-bond acceptors (Lipinski definition) is 1. The van der Waals surface area contributed by atoms with Crippen LogP contribution in [0.1, 0.15) is 0 Å². The van der Waals surface area contributed by atoms with Gasteiger partial charge in [0.2, 0.25) is 0 Å². The van der Waals surface area contributed by atoms with Gasteiger partial charge in [-0.05, 0) is 12.3 Å². The van der Waals surface area contributed by atoms with E-state index in [0.717, 1.165) is 0 Å². The molecule has 0 aromatic heterocycles. The van der Waals surface area contributed by atoms with Crippen molar-refractivity contribution in [2.75, 3.05) is 0 Å². The summed E-state index contributed by atoms with van der Waals surface area (Å²) in [5, 5.41) is 1.58. The van der Waals surface area contributed by atoms with E-state index in [1.54, 1.807) is 11.5 Å². The third-order valence-corrected chi connectivity index (χ3v) is 0.316. The van der Waals surface area contributed by atoms with Crippen LogP contribution in [0, 0.1) is 6.92 Å². The summed E-state index contributed by atoms with van der Waals surface area (Å²) in [5.41, 5.74) is 0. The third kappa shape index (κ3) is 2.09. The van der Waals surface area contributed by atoms with Gasteiger partial charge in [-0.25, -0.2) is 0 Å². The minimum Gasteiger partial charge on any atom is -0.152 e. The number of rotatable bonds is 0. The van der Waals surface area contributed by atoms with Gasteiger partial charge >= 0.3 is 0 Å². The maximum atomic E-state index is 3.68. The van der Waals surface area contributed by atoms with Crippen LogP contribution in [0.5, 0.6) is 0 Å². The molecule has 0 unspecified atom stereocenters. The van der Waals surface area contributed by atoms with E-state index >= 15 is 0 Å². The number of allylic oxidation sites excluding steroid dienone is 1. The smallest absolute Gasteiger partial charge is 0.0308 e. The summed E-state index contributed by atoms with van der Waals surface area (Å²) in [4.78, 5) is 0. The zero-order chi connectivity index (χ0) is 3.41. The van der Waals surface area contributed by atoms with E-state index in [9.17, 15) is 0 Å². The number of hydrogen-bond donors (Lipinski definition) is 1. The predicted octanol–water partition coefficient (Wildman–Crippen LogP) is 1.26. The van der Waals surface area contributed by atoms with Gasteiger partial charge in [-0.1, -0.05) is 6.08 Å². The number of thiol groups is 1. The van der Waals surface area contributed by atoms with E-state index in [-0.39, 0.29) is 0 Å². The summed E-state index contributed by atoms with van der Waals surface area (Å²) in [6, 6.07) is 0. The molecule has 0 aliphatic heterocycles. The second-order valence-corrected chi connectivity index (χ2v) is 0.683. The molecule has 4 heavy (non-hydrogen) atoms. The van der Waals surface area contributed by atoms with Gasteiger partial charge in [0.1, 0.15) is 0 Å². The van der Waals surface area contributed by atoms with Crippen LogP contribution in [0.15, 0.2) is 11.5 Å². The molecule has 0 saturated heterocycles. The van der Waals surface area contributed by atoms with Crippen molar-refractivity contribution in [3.05, 3.63) is 18.4 Å². The Bertz CT molecular complexity index is 18.5. The molecule has 0 saturated carbocycles. The van der Waals surface area contributed by atoms with Gasteiger partial charge in [-0.15, -0.1) is 0 Å². The summed E-state index contributed by atoms with van der Waals surface area (Å²) in [6.45, 7) is 3.35. The van der Waals surface area contributed by atoms with Crippen LogP contribution in [0.4, 0.5) is 0 Å². The molecule has 23 valence electrons. The Morgan fingerprint density at radius 3 is 2.00 bits per heavy atom. The van der Waals surface area contributed by atoms with E-state index in [0.29, 0.717) is 0 Å². The molecule has 0 nitrogen and oxygen atoms in total. The largest absolute Gasteiger partial charge is 0.152 e. The van der Waals surface area contributed by atoms with Gasteiger partial charge in [0.05, 0.1) is 0 Å². The van der Waals surface area contributed by atoms with Crippen LogP contribution in [0.2, 0.25) is 0 Å². The van der Waals surface area contributed by atoms with E-state index in [4.69, 9.17) is 0 Å². The summed E-state index contributed by atoms with van der Waals surface area (Å²) in [7, 11) is 0. The maximum Gasteiger partial charge on any atom is -0.0308 e. The molecule has 0 N–H and O–H groups in total. The second kappa shape index (κ2) is 3.09. The maximum absolute atomic E-state index is 3.68. The van der Waals surface area contributed by atoms with Gasteiger partial charge in [-0.2, -0.15) is 12.6 Å². The lowest BCUT2D eigenvalue weighted by Crippen LogP contribution is -1.21. The van der Waals surface area contributed by atoms with E-state index in [1.165, 1.54) is 0 Å². The zero-order valence-corrected chi connectivity index (χ0v) is 3.20. The molecule has 0 amide bonds. The first-order valence-electron chi connectivity index (χ1n) is 1.000. The molecule has 0 aromatic carbocycles. The van der Waals surface area contributed by atoms with Gasteiger partial charge in [0.25, 0.3) is 0 Å². The Morgan fingerprint density at radius 1 is 1.75 bits per heavy atom. The van der Waals surface area contributed by atoms with Crippen molar-refractivity contribution in [1.29, 1.82) is 0 Å². The van der Waals surface area contributed by atoms with Crippen molar-refractivity contribution in [3.8, 4) is 0 Å². The Balaban J connectivity index is 2.55. The van der Waals surface area contributed by atoms with Crippen molar-refractivity contribution >= 4 is 12.6 Å². The van der Waals surface area contributed by atoms with Gasteiger partial charge in [0.15, 0.2) is 0 Å². The Hall–Kier alpha value is 0.0900. The molecule has 1 radical (unpaired) electrons. The molecule has 0 aliphatic rings. The van der Waals surface area contributed by atoms with Crippen LogP contribution in [0.25, 0.3) is 0 Å². The van der Waals surface area contributed by atoms with E-state index < -0.39 is 0 Å². The van der Waals surface area contributed by atoms with Gasteiger partial charge < -0.3 is 0 Å². The molecular weight excluding hydrogens is 68.1 g/mol. The predicted molar refractivity (Wildman–Crippen MR) is 23.5 cm³/mol. The topological polar surface area (TPSA) is 0 Å². The Kier molecular flexibility index (Phi) is 3.16. The van der Waals surface area contributed by atoms with Crippen LogP contribution in [-0.2, 0) is 0 Å². The minimum atomic E-state index is 1.58. The lowest BCUT2D eigenvalue weighted by molar-refractivity contribution is 2.16. The van der Waals surface area contributed by atoms with E-state index in [2.05, 4.69) is 19.6 Å². The van der Waals surface area contributed by atoms with Crippen molar-refractivity contribution in [3.63, 3.8) is 0 Å². The van der Waals surface area contributed by atoms with Crippen molar-refractivity contribution in [2.45, 2.75) is 0 Å². The summed E-state index contributed by atoms with van der Waals surface area (Å²) < 4.78 is 0. The van der Waals surface area contributed by atoms with Crippen molar-refractivity contribution in [2.24, 2.45) is 0 Å². The molecule has 0 rings (SSSR count). The molecule has 0 bridgehead atoms. The summed E-state index contributed by atoms with van der Waals surface area (Å²) in [5.74, 6) is 0. The lowest BCUT2D eigenvalue weighted by atomic mass is 10.8. The van der Waals surface area contributed by atoms with Gasteiger partial charge in [0, 0.05) is 0 Å². The van der Waals surface area contributed by atoms with Crippen LogP contribution >= 0.6 is 12.6 Å². The highest BCUT2D eigenvalue weighted by molar-refractivity contribution is 7.83. The van der Waals surface area contributed by atoms with Gasteiger partial charge in [-0.3, -0.25) is 0 Å². The fourth-order valence-corrected chi connectivity index (χ4v) is 0. The van der Waals surface area contributed by atoms with Crippen LogP contribution in [-0.4, -0.2) is 0 Å². The first-order valence-corrected chi connectivity index (χ1v) is 1.52. The Morgan fingerprint density at radius 2 is 2.00 bits per heavy atom. The normalized spacial score (nSPS) is 9.50. The zero-order valence-electron chi connectivity index (χ0n) is 2.31. The Labute approximate surface area is 31.9 Å². The molecule has 0 spiro atoms. The first-order chi connectivity index (χ1) is 1.91. The molecule has 0 atom stereocenters. The average molecular weight is 73.1 g/mol. The first kappa shape index (κ1) is 4.09. The second-order valence-electron chi connectivity index (χ2n) is 0.385. The van der Waals surface area contributed by atoms with Crippen LogP contribution < -0.4 is 0 Å². The quantitative estimate of drug-likeness (QED) is 0.410. The highest BCUT2D eigenvalue weighted by Gasteiger charge is 1.35. The average Bonchev–Trinajstić information content (AvgIpc) is 1.37. The minimum absolute atomic E-state index is 1.58.